The van der Waals surface area contributed by atoms with E-state index in [-0.39, 0.29) is 0 Å². The Morgan fingerprint density at radius 2 is 1.89 bits per heavy atom. The standard InChI is InChI=1S/C13H12ClIN2S/c1-3-10-11(15)12(14)17-13(16-10)8-4-6-9(18-2)7-5-8/h4-7H,3H2,1-2H3. The zero-order valence-corrected chi connectivity index (χ0v) is 13.8. The van der Waals surface area contributed by atoms with Crippen molar-refractivity contribution in [3.8, 4) is 11.4 Å². The molecule has 0 aliphatic rings. The molecule has 0 spiro atoms. The van der Waals surface area contributed by atoms with E-state index in [2.05, 4.69) is 57.9 Å². The molecule has 0 fully saturated rings. The summed E-state index contributed by atoms with van der Waals surface area (Å²) in [6.07, 6.45) is 2.92. The molecule has 18 heavy (non-hydrogen) atoms. The summed E-state index contributed by atoms with van der Waals surface area (Å²) in [6, 6.07) is 8.20. The number of aryl methyl sites for hydroxylation is 1. The third-order valence-electron chi connectivity index (χ3n) is 2.56. The van der Waals surface area contributed by atoms with Gasteiger partial charge in [-0.05, 0) is 47.4 Å². The fourth-order valence-electron chi connectivity index (χ4n) is 1.57. The highest BCUT2D eigenvalue weighted by Gasteiger charge is 2.10. The van der Waals surface area contributed by atoms with Crippen molar-refractivity contribution in [3.05, 3.63) is 38.7 Å². The maximum absolute atomic E-state index is 6.14. The van der Waals surface area contributed by atoms with Gasteiger partial charge in [0.15, 0.2) is 5.82 Å². The van der Waals surface area contributed by atoms with Gasteiger partial charge in [-0.1, -0.05) is 30.7 Å². The molecule has 2 rings (SSSR count). The van der Waals surface area contributed by atoms with Crippen molar-refractivity contribution < 1.29 is 0 Å². The summed E-state index contributed by atoms with van der Waals surface area (Å²) in [6.45, 7) is 2.07. The minimum absolute atomic E-state index is 0.534. The van der Waals surface area contributed by atoms with Crippen molar-refractivity contribution >= 4 is 46.0 Å². The van der Waals surface area contributed by atoms with Crippen LogP contribution < -0.4 is 0 Å². The second kappa shape index (κ2) is 6.21. The van der Waals surface area contributed by atoms with Crippen LogP contribution >= 0.6 is 46.0 Å². The summed E-state index contributed by atoms with van der Waals surface area (Å²) in [5.74, 6) is 0.699. The molecule has 0 radical (unpaired) electrons. The van der Waals surface area contributed by atoms with E-state index in [1.54, 1.807) is 11.8 Å². The zero-order chi connectivity index (χ0) is 13.1. The number of nitrogens with zero attached hydrogens (tertiary/aromatic N) is 2. The van der Waals surface area contributed by atoms with Gasteiger partial charge in [0.1, 0.15) is 5.15 Å². The van der Waals surface area contributed by atoms with Crippen LogP contribution in [0.15, 0.2) is 29.2 Å². The van der Waals surface area contributed by atoms with Gasteiger partial charge in [-0.25, -0.2) is 9.97 Å². The molecular weight excluding hydrogens is 379 g/mol. The summed E-state index contributed by atoms with van der Waals surface area (Å²) in [5.41, 5.74) is 2.00. The first-order chi connectivity index (χ1) is 8.65. The van der Waals surface area contributed by atoms with Crippen molar-refractivity contribution in [2.24, 2.45) is 0 Å². The van der Waals surface area contributed by atoms with Crippen LogP contribution in [0.2, 0.25) is 5.15 Å². The van der Waals surface area contributed by atoms with Gasteiger partial charge in [-0.15, -0.1) is 11.8 Å². The SMILES string of the molecule is CCc1nc(-c2ccc(SC)cc2)nc(Cl)c1I. The minimum Gasteiger partial charge on any atom is -0.232 e. The van der Waals surface area contributed by atoms with E-state index in [9.17, 15) is 0 Å². The Bertz CT molecular complexity index is 558. The lowest BCUT2D eigenvalue weighted by molar-refractivity contribution is 0.989. The topological polar surface area (TPSA) is 25.8 Å². The highest BCUT2D eigenvalue weighted by molar-refractivity contribution is 14.1. The van der Waals surface area contributed by atoms with E-state index in [0.29, 0.717) is 11.0 Å². The molecule has 0 aliphatic carbocycles. The van der Waals surface area contributed by atoms with Crippen LogP contribution in [-0.2, 0) is 6.42 Å². The van der Waals surface area contributed by atoms with Gasteiger partial charge in [-0.2, -0.15) is 0 Å². The highest BCUT2D eigenvalue weighted by Crippen LogP contribution is 2.25. The van der Waals surface area contributed by atoms with Gasteiger partial charge in [0.05, 0.1) is 9.26 Å². The second-order valence-electron chi connectivity index (χ2n) is 3.68. The fourth-order valence-corrected chi connectivity index (χ4v) is 2.79. The molecule has 0 saturated heterocycles. The molecule has 5 heteroatoms. The number of benzene rings is 1. The van der Waals surface area contributed by atoms with Crippen LogP contribution in [0.4, 0.5) is 0 Å². The van der Waals surface area contributed by atoms with Gasteiger partial charge in [0.2, 0.25) is 0 Å². The quantitative estimate of drug-likeness (QED) is 0.432. The van der Waals surface area contributed by atoms with Crippen molar-refractivity contribution in [2.45, 2.75) is 18.2 Å². The first-order valence-electron chi connectivity index (χ1n) is 5.52. The van der Waals surface area contributed by atoms with Crippen molar-refractivity contribution in [2.75, 3.05) is 6.26 Å². The highest BCUT2D eigenvalue weighted by atomic mass is 127. The molecule has 1 heterocycles. The van der Waals surface area contributed by atoms with Crippen LogP contribution in [0.3, 0.4) is 0 Å². The van der Waals surface area contributed by atoms with Crippen LogP contribution in [-0.4, -0.2) is 16.2 Å². The Morgan fingerprint density at radius 3 is 2.44 bits per heavy atom. The maximum Gasteiger partial charge on any atom is 0.161 e. The average Bonchev–Trinajstić information content (AvgIpc) is 2.42. The Hall–Kier alpha value is -0.330. The summed E-state index contributed by atoms with van der Waals surface area (Å²) in [4.78, 5) is 10.1. The first kappa shape index (κ1) is 14.1. The first-order valence-corrected chi connectivity index (χ1v) is 8.20. The van der Waals surface area contributed by atoms with Crippen molar-refractivity contribution in [1.29, 1.82) is 0 Å². The molecule has 0 unspecified atom stereocenters. The van der Waals surface area contributed by atoms with Crippen LogP contribution in [0.25, 0.3) is 11.4 Å². The van der Waals surface area contributed by atoms with Crippen LogP contribution in [0.5, 0.6) is 0 Å². The second-order valence-corrected chi connectivity index (χ2v) is 6.00. The number of thioether (sulfide) groups is 1. The normalized spacial score (nSPS) is 10.7. The summed E-state index contributed by atoms with van der Waals surface area (Å²) < 4.78 is 0.946. The van der Waals surface area contributed by atoms with E-state index in [1.165, 1.54) is 4.90 Å². The molecule has 2 aromatic rings. The number of aromatic nitrogens is 2. The number of hydrogen-bond donors (Lipinski definition) is 0. The summed E-state index contributed by atoms with van der Waals surface area (Å²) in [7, 11) is 0. The monoisotopic (exact) mass is 390 g/mol. The van der Waals surface area contributed by atoms with Crippen LogP contribution in [0, 0.1) is 3.57 Å². The molecule has 0 amide bonds. The zero-order valence-electron chi connectivity index (χ0n) is 10.1. The van der Waals surface area contributed by atoms with E-state index in [4.69, 9.17) is 11.6 Å². The molecule has 0 bridgehead atoms. The van der Waals surface area contributed by atoms with Gasteiger partial charge in [-0.3, -0.25) is 0 Å². The van der Waals surface area contributed by atoms with Gasteiger partial charge >= 0.3 is 0 Å². The molecule has 0 aliphatic heterocycles. The Labute approximate surface area is 130 Å². The Kier molecular flexibility index (Phi) is 4.86. The van der Waals surface area contributed by atoms with Gasteiger partial charge < -0.3 is 0 Å². The molecule has 0 saturated carbocycles. The molecular formula is C13H12ClIN2S. The smallest absolute Gasteiger partial charge is 0.161 e. The number of rotatable bonds is 3. The Balaban J connectivity index is 2.46. The third kappa shape index (κ3) is 2.97. The van der Waals surface area contributed by atoms with E-state index in [0.717, 1.165) is 21.2 Å². The van der Waals surface area contributed by atoms with Gasteiger partial charge in [0.25, 0.3) is 0 Å². The van der Waals surface area contributed by atoms with Gasteiger partial charge in [0, 0.05) is 10.5 Å². The molecule has 1 aromatic carbocycles. The third-order valence-corrected chi connectivity index (χ3v) is 5.03. The molecule has 94 valence electrons. The average molecular weight is 391 g/mol. The predicted molar refractivity (Wildman–Crippen MR) is 86.4 cm³/mol. The lowest BCUT2D eigenvalue weighted by Crippen LogP contribution is -1.99. The molecule has 2 nitrogen and oxygen atoms in total. The van der Waals surface area contributed by atoms with E-state index >= 15 is 0 Å². The fraction of sp³-hybridized carbons (Fsp3) is 0.231. The Morgan fingerprint density at radius 1 is 1.22 bits per heavy atom. The maximum atomic E-state index is 6.14. The molecule has 0 atom stereocenters. The number of halogens is 2. The minimum atomic E-state index is 0.534. The van der Waals surface area contributed by atoms with Crippen molar-refractivity contribution in [1.82, 2.24) is 9.97 Å². The largest absolute Gasteiger partial charge is 0.232 e. The molecule has 1 aromatic heterocycles. The predicted octanol–water partition coefficient (Wildman–Crippen LogP) is 4.69. The number of hydrogen-bond acceptors (Lipinski definition) is 3. The van der Waals surface area contributed by atoms with E-state index < -0.39 is 0 Å². The lowest BCUT2D eigenvalue weighted by atomic mass is 10.2. The molecule has 0 N–H and O–H groups in total. The van der Waals surface area contributed by atoms with Crippen LogP contribution in [0.1, 0.15) is 12.6 Å². The lowest BCUT2D eigenvalue weighted by Gasteiger charge is -2.07. The summed E-state index contributed by atoms with van der Waals surface area (Å²) in [5, 5.41) is 0.534. The van der Waals surface area contributed by atoms with Crippen molar-refractivity contribution in [3.63, 3.8) is 0 Å². The summed E-state index contributed by atoms with van der Waals surface area (Å²) >= 11 is 10.1. The van der Waals surface area contributed by atoms with E-state index in [1.807, 2.05) is 12.1 Å².